The predicted octanol–water partition coefficient (Wildman–Crippen LogP) is 3.17. The SMILES string of the molecule is Cn1cc(-c2nc(C3CCCCC3)sc2N)cn1. The number of hydrogen-bond acceptors (Lipinski definition) is 4. The summed E-state index contributed by atoms with van der Waals surface area (Å²) in [6.07, 6.45) is 10.3. The lowest BCUT2D eigenvalue weighted by molar-refractivity contribution is 0.442. The van der Waals surface area contributed by atoms with E-state index in [2.05, 4.69) is 5.10 Å². The van der Waals surface area contributed by atoms with Crippen LogP contribution < -0.4 is 5.73 Å². The summed E-state index contributed by atoms with van der Waals surface area (Å²) in [6, 6.07) is 0. The van der Waals surface area contributed by atoms with E-state index >= 15 is 0 Å². The van der Waals surface area contributed by atoms with Gasteiger partial charge in [-0.2, -0.15) is 5.10 Å². The Labute approximate surface area is 111 Å². The van der Waals surface area contributed by atoms with Crippen molar-refractivity contribution >= 4 is 16.3 Å². The molecule has 3 rings (SSSR count). The van der Waals surface area contributed by atoms with Gasteiger partial charge >= 0.3 is 0 Å². The van der Waals surface area contributed by atoms with Gasteiger partial charge in [-0.25, -0.2) is 4.98 Å². The summed E-state index contributed by atoms with van der Waals surface area (Å²) in [5.74, 6) is 0.622. The van der Waals surface area contributed by atoms with Crippen LogP contribution in [0.15, 0.2) is 12.4 Å². The number of nitrogens with two attached hydrogens (primary N) is 1. The molecule has 1 aliphatic rings. The molecule has 0 aliphatic heterocycles. The Hall–Kier alpha value is -1.36. The molecule has 2 heterocycles. The first-order valence-electron chi connectivity index (χ1n) is 6.49. The van der Waals surface area contributed by atoms with Crippen LogP contribution in [-0.4, -0.2) is 14.8 Å². The van der Waals surface area contributed by atoms with Gasteiger partial charge in [0.2, 0.25) is 0 Å². The minimum Gasteiger partial charge on any atom is -0.389 e. The van der Waals surface area contributed by atoms with E-state index in [-0.39, 0.29) is 0 Å². The Balaban J connectivity index is 1.90. The van der Waals surface area contributed by atoms with Crippen LogP contribution in [0.25, 0.3) is 11.3 Å². The fraction of sp³-hybridized carbons (Fsp3) is 0.538. The largest absolute Gasteiger partial charge is 0.389 e. The monoisotopic (exact) mass is 262 g/mol. The summed E-state index contributed by atoms with van der Waals surface area (Å²) < 4.78 is 1.79. The molecule has 2 N–H and O–H groups in total. The lowest BCUT2D eigenvalue weighted by atomic mass is 9.90. The van der Waals surface area contributed by atoms with E-state index in [1.807, 2.05) is 19.4 Å². The Morgan fingerprint density at radius 3 is 2.78 bits per heavy atom. The molecule has 0 bridgehead atoms. The third kappa shape index (κ3) is 2.14. The van der Waals surface area contributed by atoms with Crippen LogP contribution in [0.2, 0.25) is 0 Å². The molecule has 1 saturated carbocycles. The molecule has 1 aliphatic carbocycles. The molecule has 0 spiro atoms. The van der Waals surface area contributed by atoms with E-state index in [0.29, 0.717) is 5.92 Å². The average molecular weight is 262 g/mol. The van der Waals surface area contributed by atoms with Gasteiger partial charge in [-0.15, -0.1) is 11.3 Å². The fourth-order valence-electron chi connectivity index (χ4n) is 2.62. The van der Waals surface area contributed by atoms with Crippen LogP contribution in [0.5, 0.6) is 0 Å². The Morgan fingerprint density at radius 1 is 1.33 bits per heavy atom. The van der Waals surface area contributed by atoms with E-state index in [1.54, 1.807) is 16.0 Å². The van der Waals surface area contributed by atoms with Crippen molar-refractivity contribution in [3.8, 4) is 11.3 Å². The second-order valence-corrected chi connectivity index (χ2v) is 6.06. The first kappa shape index (κ1) is 11.7. The lowest BCUT2D eigenvalue weighted by Crippen LogP contribution is -2.03. The standard InChI is InChI=1S/C13H18N4S/c1-17-8-10(7-15-17)11-12(14)18-13(16-11)9-5-3-2-4-6-9/h7-9H,2-6,14H2,1H3. The van der Waals surface area contributed by atoms with Crippen molar-refractivity contribution in [3.05, 3.63) is 17.4 Å². The normalized spacial score (nSPS) is 17.2. The van der Waals surface area contributed by atoms with E-state index in [1.165, 1.54) is 37.1 Å². The summed E-state index contributed by atoms with van der Waals surface area (Å²) in [7, 11) is 1.91. The molecular formula is C13H18N4S. The van der Waals surface area contributed by atoms with Gasteiger partial charge in [-0.3, -0.25) is 4.68 Å². The number of aromatic nitrogens is 3. The first-order valence-corrected chi connectivity index (χ1v) is 7.31. The molecule has 0 radical (unpaired) electrons. The number of nitrogen functional groups attached to an aromatic ring is 1. The minimum absolute atomic E-state index is 0.622. The third-order valence-electron chi connectivity index (χ3n) is 3.60. The zero-order chi connectivity index (χ0) is 12.5. The van der Waals surface area contributed by atoms with Crippen LogP contribution in [-0.2, 0) is 7.05 Å². The molecule has 96 valence electrons. The molecule has 4 nitrogen and oxygen atoms in total. The lowest BCUT2D eigenvalue weighted by Gasteiger charge is -2.18. The molecule has 0 atom stereocenters. The van der Waals surface area contributed by atoms with Crippen molar-refractivity contribution in [2.75, 3.05) is 5.73 Å². The quantitative estimate of drug-likeness (QED) is 0.904. The Kier molecular flexibility index (Phi) is 3.07. The third-order valence-corrected chi connectivity index (χ3v) is 4.65. The first-order chi connectivity index (χ1) is 8.74. The van der Waals surface area contributed by atoms with Gasteiger partial charge in [0.15, 0.2) is 0 Å². The van der Waals surface area contributed by atoms with E-state index in [4.69, 9.17) is 10.7 Å². The van der Waals surface area contributed by atoms with Gasteiger partial charge in [0.25, 0.3) is 0 Å². The molecule has 0 unspecified atom stereocenters. The fourth-order valence-corrected chi connectivity index (χ4v) is 3.65. The molecule has 0 aromatic carbocycles. The van der Waals surface area contributed by atoms with Gasteiger partial charge in [0.1, 0.15) is 10.7 Å². The summed E-state index contributed by atoms with van der Waals surface area (Å²) in [6.45, 7) is 0. The zero-order valence-electron chi connectivity index (χ0n) is 10.6. The van der Waals surface area contributed by atoms with Crippen LogP contribution >= 0.6 is 11.3 Å². The smallest absolute Gasteiger partial charge is 0.114 e. The topological polar surface area (TPSA) is 56.7 Å². The average Bonchev–Trinajstić information content (AvgIpc) is 2.97. The number of anilines is 1. The number of rotatable bonds is 2. The van der Waals surface area contributed by atoms with E-state index in [0.717, 1.165) is 16.3 Å². The summed E-state index contributed by atoms with van der Waals surface area (Å²) in [4.78, 5) is 4.76. The highest BCUT2D eigenvalue weighted by Gasteiger charge is 2.21. The van der Waals surface area contributed by atoms with Gasteiger partial charge in [0.05, 0.1) is 11.2 Å². The van der Waals surface area contributed by atoms with Crippen LogP contribution in [0.3, 0.4) is 0 Å². The Bertz CT molecular complexity index is 537. The number of thiazole rings is 1. The highest BCUT2D eigenvalue weighted by molar-refractivity contribution is 7.16. The molecule has 0 saturated heterocycles. The molecular weight excluding hydrogens is 244 g/mol. The highest BCUT2D eigenvalue weighted by atomic mass is 32.1. The van der Waals surface area contributed by atoms with Crippen molar-refractivity contribution in [1.82, 2.24) is 14.8 Å². The number of nitrogens with zero attached hydrogens (tertiary/aromatic N) is 3. The molecule has 1 fully saturated rings. The summed E-state index contributed by atoms with van der Waals surface area (Å²) >= 11 is 1.65. The number of hydrogen-bond donors (Lipinski definition) is 1. The highest BCUT2D eigenvalue weighted by Crippen LogP contribution is 2.39. The molecule has 2 aromatic heterocycles. The number of aryl methyl sites for hydroxylation is 1. The maximum absolute atomic E-state index is 6.11. The molecule has 5 heteroatoms. The van der Waals surface area contributed by atoms with Crippen molar-refractivity contribution in [2.45, 2.75) is 38.0 Å². The van der Waals surface area contributed by atoms with Gasteiger partial charge < -0.3 is 5.73 Å². The second-order valence-electron chi connectivity index (χ2n) is 5.00. The van der Waals surface area contributed by atoms with Crippen LogP contribution in [0, 0.1) is 0 Å². The Morgan fingerprint density at radius 2 is 2.11 bits per heavy atom. The van der Waals surface area contributed by atoms with E-state index in [9.17, 15) is 0 Å². The summed E-state index contributed by atoms with van der Waals surface area (Å²) in [5.41, 5.74) is 8.04. The van der Waals surface area contributed by atoms with Crippen molar-refractivity contribution < 1.29 is 0 Å². The minimum atomic E-state index is 0.622. The van der Waals surface area contributed by atoms with Crippen molar-refractivity contribution in [1.29, 1.82) is 0 Å². The summed E-state index contributed by atoms with van der Waals surface area (Å²) in [5, 5.41) is 6.22. The maximum Gasteiger partial charge on any atom is 0.114 e. The second kappa shape index (κ2) is 4.72. The maximum atomic E-state index is 6.11. The molecule has 0 amide bonds. The van der Waals surface area contributed by atoms with Crippen molar-refractivity contribution in [3.63, 3.8) is 0 Å². The zero-order valence-corrected chi connectivity index (χ0v) is 11.4. The van der Waals surface area contributed by atoms with Gasteiger partial charge in [0, 0.05) is 24.7 Å². The van der Waals surface area contributed by atoms with Gasteiger partial charge in [-0.1, -0.05) is 19.3 Å². The van der Waals surface area contributed by atoms with Crippen LogP contribution in [0.4, 0.5) is 5.00 Å². The van der Waals surface area contributed by atoms with E-state index < -0.39 is 0 Å². The van der Waals surface area contributed by atoms with Crippen molar-refractivity contribution in [2.24, 2.45) is 7.05 Å². The molecule has 2 aromatic rings. The molecule has 18 heavy (non-hydrogen) atoms. The van der Waals surface area contributed by atoms with Crippen LogP contribution in [0.1, 0.15) is 43.0 Å². The predicted molar refractivity (Wildman–Crippen MR) is 74.6 cm³/mol. The van der Waals surface area contributed by atoms with Gasteiger partial charge in [-0.05, 0) is 12.8 Å².